The molecule has 22 heavy (non-hydrogen) atoms. The number of thiazole rings is 1. The molecule has 2 heterocycles. The second kappa shape index (κ2) is 6.58. The quantitative estimate of drug-likeness (QED) is 0.680. The predicted molar refractivity (Wildman–Crippen MR) is 86.3 cm³/mol. The van der Waals surface area contributed by atoms with Crippen molar-refractivity contribution in [3.05, 3.63) is 52.9 Å². The summed E-state index contributed by atoms with van der Waals surface area (Å²) in [5, 5.41) is 6.85. The number of rotatable bonds is 5. The highest BCUT2D eigenvalue weighted by Crippen LogP contribution is 2.31. The Hall–Kier alpha value is -1.73. The first-order valence-corrected chi connectivity index (χ1v) is 8.67. The molecule has 0 saturated heterocycles. The van der Waals surface area contributed by atoms with Crippen LogP contribution < -0.4 is 0 Å². The number of halogens is 1. The molecule has 4 nitrogen and oxygen atoms in total. The molecule has 1 atom stereocenters. The molecule has 0 N–H and O–H groups in total. The summed E-state index contributed by atoms with van der Waals surface area (Å²) in [7, 11) is 0. The van der Waals surface area contributed by atoms with Gasteiger partial charge in [0.1, 0.15) is 10.8 Å². The number of aromatic nitrogens is 3. The summed E-state index contributed by atoms with van der Waals surface area (Å²) < 4.78 is 18.1. The lowest BCUT2D eigenvalue weighted by Gasteiger charge is -2.04. The second-order valence-electron chi connectivity index (χ2n) is 4.78. The first kappa shape index (κ1) is 15.2. The van der Waals surface area contributed by atoms with Gasteiger partial charge in [0.25, 0.3) is 0 Å². The lowest BCUT2D eigenvalue weighted by molar-refractivity contribution is 0.376. The molecular weight excluding hydrogens is 321 g/mol. The van der Waals surface area contributed by atoms with Gasteiger partial charge in [-0.05, 0) is 38.1 Å². The summed E-state index contributed by atoms with van der Waals surface area (Å²) in [5.74, 6) is 1.81. The van der Waals surface area contributed by atoms with E-state index in [0.717, 1.165) is 22.0 Å². The summed E-state index contributed by atoms with van der Waals surface area (Å²) >= 11 is 3.26. The number of hydrogen-bond donors (Lipinski definition) is 0. The summed E-state index contributed by atoms with van der Waals surface area (Å²) in [6, 6.07) is 6.39. The number of benzene rings is 1. The normalized spacial score (nSPS) is 12.5. The van der Waals surface area contributed by atoms with Crippen LogP contribution in [0.15, 0.2) is 34.2 Å². The minimum Gasteiger partial charge on any atom is -0.338 e. The topological polar surface area (TPSA) is 51.8 Å². The van der Waals surface area contributed by atoms with Crippen molar-refractivity contribution in [3.63, 3.8) is 0 Å². The van der Waals surface area contributed by atoms with Gasteiger partial charge in [0.2, 0.25) is 5.89 Å². The molecule has 0 saturated carbocycles. The molecule has 0 aliphatic carbocycles. The molecule has 7 heteroatoms. The van der Waals surface area contributed by atoms with E-state index in [9.17, 15) is 4.39 Å². The molecule has 0 unspecified atom stereocenters. The number of aryl methyl sites for hydroxylation is 1. The summed E-state index contributed by atoms with van der Waals surface area (Å²) in [4.78, 5) is 8.82. The molecule has 0 aliphatic heterocycles. The van der Waals surface area contributed by atoms with Crippen LogP contribution in [0.25, 0.3) is 10.6 Å². The second-order valence-corrected chi connectivity index (χ2v) is 6.97. The minimum atomic E-state index is -0.236. The highest BCUT2D eigenvalue weighted by Gasteiger charge is 2.14. The molecule has 3 aromatic rings. The molecule has 0 fully saturated rings. The van der Waals surface area contributed by atoms with E-state index >= 15 is 0 Å². The predicted octanol–water partition coefficient (Wildman–Crippen LogP) is 4.64. The minimum absolute atomic E-state index is 0.122. The zero-order valence-electron chi connectivity index (χ0n) is 12.1. The Bertz CT molecular complexity index is 754. The molecule has 0 spiro atoms. The Kier molecular flexibility index (Phi) is 4.54. The first-order chi connectivity index (χ1) is 10.6. The van der Waals surface area contributed by atoms with Crippen molar-refractivity contribution in [2.24, 2.45) is 0 Å². The van der Waals surface area contributed by atoms with Crippen LogP contribution in [0.2, 0.25) is 0 Å². The van der Waals surface area contributed by atoms with E-state index in [1.165, 1.54) is 12.1 Å². The number of nitrogens with zero attached hydrogens (tertiary/aromatic N) is 3. The third-order valence-corrected chi connectivity index (χ3v) is 5.12. The zero-order valence-corrected chi connectivity index (χ0v) is 13.7. The average molecular weight is 335 g/mol. The van der Waals surface area contributed by atoms with Gasteiger partial charge in [-0.2, -0.15) is 4.98 Å². The van der Waals surface area contributed by atoms with Gasteiger partial charge in [0.05, 0.1) is 10.9 Å². The third kappa shape index (κ3) is 3.53. The van der Waals surface area contributed by atoms with Crippen LogP contribution in [-0.4, -0.2) is 15.1 Å². The van der Waals surface area contributed by atoms with E-state index in [2.05, 4.69) is 15.1 Å². The van der Waals surface area contributed by atoms with Crippen molar-refractivity contribution >= 4 is 23.1 Å². The Morgan fingerprint density at radius 1 is 1.27 bits per heavy atom. The van der Waals surface area contributed by atoms with Crippen molar-refractivity contribution in [2.45, 2.75) is 24.9 Å². The molecule has 0 aliphatic rings. The van der Waals surface area contributed by atoms with Gasteiger partial charge < -0.3 is 4.52 Å². The van der Waals surface area contributed by atoms with E-state index in [0.29, 0.717) is 11.7 Å². The third-order valence-electron chi connectivity index (χ3n) is 3.02. The van der Waals surface area contributed by atoms with Crippen LogP contribution in [0, 0.1) is 12.7 Å². The lowest BCUT2D eigenvalue weighted by atomic mass is 10.2. The van der Waals surface area contributed by atoms with Crippen molar-refractivity contribution in [1.82, 2.24) is 15.1 Å². The van der Waals surface area contributed by atoms with Gasteiger partial charge in [-0.1, -0.05) is 5.16 Å². The van der Waals surface area contributed by atoms with Crippen molar-refractivity contribution in [3.8, 4) is 10.6 Å². The fourth-order valence-corrected chi connectivity index (χ4v) is 3.60. The van der Waals surface area contributed by atoms with Crippen LogP contribution in [0.5, 0.6) is 0 Å². The molecule has 0 amide bonds. The first-order valence-electron chi connectivity index (χ1n) is 6.74. The van der Waals surface area contributed by atoms with Gasteiger partial charge in [-0.3, -0.25) is 0 Å². The van der Waals surface area contributed by atoms with Gasteiger partial charge in [-0.15, -0.1) is 23.1 Å². The molecular formula is C15H14FN3OS2. The standard InChI is InChI=1S/C15H14FN3OS2/c1-9(14-17-10(2)19-20-14)21-7-13-8-22-15(18-13)11-3-5-12(16)6-4-11/h3-6,8-9H,7H2,1-2H3/t9-/m1/s1. The summed E-state index contributed by atoms with van der Waals surface area (Å²) in [6.07, 6.45) is 0. The van der Waals surface area contributed by atoms with Crippen LogP contribution in [-0.2, 0) is 5.75 Å². The van der Waals surface area contributed by atoms with Crippen LogP contribution in [0.1, 0.15) is 29.6 Å². The summed E-state index contributed by atoms with van der Waals surface area (Å²) in [6.45, 7) is 3.84. The van der Waals surface area contributed by atoms with E-state index in [1.807, 2.05) is 12.3 Å². The zero-order chi connectivity index (χ0) is 15.5. The molecule has 0 bridgehead atoms. The van der Waals surface area contributed by atoms with Gasteiger partial charge in [0.15, 0.2) is 5.82 Å². The number of thioether (sulfide) groups is 1. The maximum absolute atomic E-state index is 12.9. The van der Waals surface area contributed by atoms with E-state index < -0.39 is 0 Å². The maximum Gasteiger partial charge on any atom is 0.239 e. The molecule has 0 radical (unpaired) electrons. The van der Waals surface area contributed by atoms with Crippen LogP contribution in [0.3, 0.4) is 0 Å². The Morgan fingerprint density at radius 3 is 2.73 bits per heavy atom. The van der Waals surface area contributed by atoms with Crippen LogP contribution >= 0.6 is 23.1 Å². The molecule has 3 rings (SSSR count). The smallest absolute Gasteiger partial charge is 0.239 e. The molecule has 2 aromatic heterocycles. The number of hydrogen-bond acceptors (Lipinski definition) is 6. The molecule has 114 valence electrons. The van der Waals surface area contributed by atoms with E-state index in [4.69, 9.17) is 4.52 Å². The summed E-state index contributed by atoms with van der Waals surface area (Å²) in [5.41, 5.74) is 1.93. The van der Waals surface area contributed by atoms with E-state index in [1.54, 1.807) is 42.2 Å². The largest absolute Gasteiger partial charge is 0.338 e. The van der Waals surface area contributed by atoms with Crippen LogP contribution in [0.4, 0.5) is 4.39 Å². The average Bonchev–Trinajstić information content (AvgIpc) is 3.15. The van der Waals surface area contributed by atoms with Crippen molar-refractivity contribution in [2.75, 3.05) is 0 Å². The molecule has 1 aromatic carbocycles. The monoisotopic (exact) mass is 335 g/mol. The Balaban J connectivity index is 1.63. The highest BCUT2D eigenvalue weighted by atomic mass is 32.2. The SMILES string of the molecule is Cc1noc([C@@H](C)SCc2csc(-c3ccc(F)cc3)n2)n1. The lowest BCUT2D eigenvalue weighted by Crippen LogP contribution is -1.91. The van der Waals surface area contributed by atoms with Gasteiger partial charge in [-0.25, -0.2) is 9.37 Å². The Labute approximate surface area is 135 Å². The van der Waals surface area contributed by atoms with Crippen molar-refractivity contribution in [1.29, 1.82) is 0 Å². The van der Waals surface area contributed by atoms with E-state index in [-0.39, 0.29) is 11.1 Å². The fourth-order valence-electron chi connectivity index (χ4n) is 1.86. The Morgan fingerprint density at radius 2 is 2.05 bits per heavy atom. The maximum atomic E-state index is 12.9. The van der Waals surface area contributed by atoms with Gasteiger partial charge in [0, 0.05) is 16.7 Å². The fraction of sp³-hybridized carbons (Fsp3) is 0.267. The highest BCUT2D eigenvalue weighted by molar-refractivity contribution is 7.98. The van der Waals surface area contributed by atoms with Gasteiger partial charge >= 0.3 is 0 Å². The van der Waals surface area contributed by atoms with Crippen molar-refractivity contribution < 1.29 is 8.91 Å².